The van der Waals surface area contributed by atoms with Crippen molar-refractivity contribution in [1.82, 2.24) is 0 Å². The van der Waals surface area contributed by atoms with Crippen LogP contribution in [0.4, 0.5) is 0 Å². The Hall–Kier alpha value is -0.930. The van der Waals surface area contributed by atoms with E-state index in [1.807, 2.05) is 0 Å². The van der Waals surface area contributed by atoms with Crippen molar-refractivity contribution >= 4 is 5.97 Å². The molecule has 0 aromatic heterocycles. The van der Waals surface area contributed by atoms with Crippen LogP contribution in [0.5, 0.6) is 0 Å². The third-order valence-corrected chi connectivity index (χ3v) is 6.35. The fraction of sp³-hybridized carbons (Fsp3) is 0.958. The zero-order chi connectivity index (χ0) is 27.1. The smallest absolute Gasteiger partial charge is 0.306 e. The highest BCUT2D eigenvalue weighted by Gasteiger charge is 2.47. The number of hydrogen-bond donors (Lipinski definition) is 8. The van der Waals surface area contributed by atoms with Crippen LogP contribution in [-0.2, 0) is 19.0 Å². The number of aliphatic hydroxyl groups excluding tert-OH is 8. The molecular formula is C24H46O12. The van der Waals surface area contributed by atoms with Crippen molar-refractivity contribution in [2.45, 2.75) is 126 Å². The molecule has 8 N–H and O–H groups in total. The van der Waals surface area contributed by atoms with Crippen LogP contribution in [-0.4, -0.2) is 122 Å². The molecule has 12 heteroatoms. The van der Waals surface area contributed by atoms with Gasteiger partial charge >= 0.3 is 5.97 Å². The zero-order valence-corrected chi connectivity index (χ0v) is 21.1. The van der Waals surface area contributed by atoms with Gasteiger partial charge in [0.25, 0.3) is 0 Å². The van der Waals surface area contributed by atoms with Crippen LogP contribution in [0.2, 0.25) is 0 Å². The van der Waals surface area contributed by atoms with Gasteiger partial charge in [0.05, 0.1) is 19.8 Å². The lowest BCUT2D eigenvalue weighted by Gasteiger charge is -2.42. The number of unbranched alkanes of at least 4 members (excludes halogenated alkanes) is 8. The number of ether oxygens (including phenoxy) is 3. The summed E-state index contributed by atoms with van der Waals surface area (Å²) in [5.41, 5.74) is 0. The highest BCUT2D eigenvalue weighted by atomic mass is 16.7. The molecule has 0 bridgehead atoms. The number of aliphatic hydroxyl groups is 8. The third kappa shape index (κ3) is 10.8. The van der Waals surface area contributed by atoms with Gasteiger partial charge in [-0.15, -0.1) is 0 Å². The Morgan fingerprint density at radius 1 is 0.778 bits per heavy atom. The van der Waals surface area contributed by atoms with E-state index in [-0.39, 0.29) is 6.42 Å². The van der Waals surface area contributed by atoms with Crippen LogP contribution >= 0.6 is 0 Å². The van der Waals surface area contributed by atoms with Gasteiger partial charge < -0.3 is 55.1 Å². The predicted molar refractivity (Wildman–Crippen MR) is 127 cm³/mol. The summed E-state index contributed by atoms with van der Waals surface area (Å²) in [6.07, 6.45) is -5.71. The third-order valence-electron chi connectivity index (χ3n) is 6.35. The Morgan fingerprint density at radius 3 is 1.83 bits per heavy atom. The standard InChI is InChI=1S/C24H46O12/c1-2-3-4-5-6-7-8-9-10-11-18(30)35-22(15(28)12-25)23(16(29)13-26)36-24-21(33)20(32)19(31)17(14-27)34-24/h15-17,19-29,31-33H,2-14H2,1H3/t15-,16+,17+,19+,20-,21+,22+,23+,24+/m0/s1. The second-order valence-electron chi connectivity index (χ2n) is 9.33. The fourth-order valence-electron chi connectivity index (χ4n) is 4.08. The molecule has 1 aliphatic rings. The van der Waals surface area contributed by atoms with Gasteiger partial charge in [0.15, 0.2) is 12.4 Å². The van der Waals surface area contributed by atoms with E-state index in [1.165, 1.54) is 25.7 Å². The first-order chi connectivity index (χ1) is 17.2. The molecule has 0 saturated carbocycles. The predicted octanol–water partition coefficient (Wildman–Crippen LogP) is -1.29. The second-order valence-corrected chi connectivity index (χ2v) is 9.33. The van der Waals surface area contributed by atoms with E-state index < -0.39 is 80.9 Å². The molecule has 36 heavy (non-hydrogen) atoms. The molecule has 1 rings (SSSR count). The maximum atomic E-state index is 12.4. The molecule has 0 aromatic rings. The van der Waals surface area contributed by atoms with Crippen molar-refractivity contribution in [2.24, 2.45) is 0 Å². The van der Waals surface area contributed by atoms with Crippen molar-refractivity contribution < 1.29 is 59.9 Å². The number of carbonyl (C=O) groups is 1. The van der Waals surface area contributed by atoms with Crippen molar-refractivity contribution in [3.8, 4) is 0 Å². The topological polar surface area (TPSA) is 207 Å². The number of esters is 1. The molecule has 0 aliphatic carbocycles. The molecule has 1 saturated heterocycles. The minimum absolute atomic E-state index is 0.0203. The molecule has 0 amide bonds. The molecule has 0 aromatic carbocycles. The second kappa shape index (κ2) is 18.3. The number of rotatable bonds is 19. The Bertz CT molecular complexity index is 577. The minimum Gasteiger partial charge on any atom is -0.457 e. The van der Waals surface area contributed by atoms with Crippen molar-refractivity contribution in [2.75, 3.05) is 19.8 Å². The van der Waals surface area contributed by atoms with E-state index in [0.717, 1.165) is 25.7 Å². The van der Waals surface area contributed by atoms with Gasteiger partial charge in [-0.25, -0.2) is 0 Å². The van der Waals surface area contributed by atoms with Gasteiger partial charge in [0.1, 0.15) is 42.7 Å². The van der Waals surface area contributed by atoms with E-state index in [0.29, 0.717) is 6.42 Å². The summed E-state index contributed by atoms with van der Waals surface area (Å²) in [7, 11) is 0. The van der Waals surface area contributed by atoms with Gasteiger partial charge in [-0.05, 0) is 6.42 Å². The Labute approximate surface area is 212 Å². The quantitative estimate of drug-likeness (QED) is 0.0731. The van der Waals surface area contributed by atoms with E-state index in [2.05, 4.69) is 6.92 Å². The highest BCUT2D eigenvalue weighted by molar-refractivity contribution is 5.69. The molecular weight excluding hydrogens is 480 g/mol. The molecule has 0 spiro atoms. The zero-order valence-electron chi connectivity index (χ0n) is 21.1. The van der Waals surface area contributed by atoms with Gasteiger partial charge in [-0.2, -0.15) is 0 Å². The highest BCUT2D eigenvalue weighted by Crippen LogP contribution is 2.26. The van der Waals surface area contributed by atoms with Crippen LogP contribution in [0.3, 0.4) is 0 Å². The summed E-state index contributed by atoms with van der Waals surface area (Å²) < 4.78 is 16.0. The van der Waals surface area contributed by atoms with E-state index in [1.54, 1.807) is 0 Å². The Morgan fingerprint density at radius 2 is 1.31 bits per heavy atom. The van der Waals surface area contributed by atoms with E-state index in [4.69, 9.17) is 14.2 Å². The van der Waals surface area contributed by atoms with Crippen LogP contribution in [0, 0.1) is 0 Å². The number of carbonyl (C=O) groups excluding carboxylic acids is 1. The van der Waals surface area contributed by atoms with Gasteiger partial charge in [-0.1, -0.05) is 58.3 Å². The summed E-state index contributed by atoms with van der Waals surface area (Å²) in [5, 5.41) is 79.0. The molecule has 12 nitrogen and oxygen atoms in total. The van der Waals surface area contributed by atoms with Crippen LogP contribution in [0.15, 0.2) is 0 Å². The lowest BCUT2D eigenvalue weighted by molar-refractivity contribution is -0.328. The van der Waals surface area contributed by atoms with Gasteiger partial charge in [0, 0.05) is 6.42 Å². The molecule has 1 aliphatic heterocycles. The van der Waals surface area contributed by atoms with Gasteiger partial charge in [-0.3, -0.25) is 4.79 Å². The molecule has 1 fully saturated rings. The summed E-state index contributed by atoms with van der Waals surface area (Å²) in [5.74, 6) is -0.719. The lowest BCUT2D eigenvalue weighted by atomic mass is 9.98. The first kappa shape index (κ1) is 33.1. The first-order valence-corrected chi connectivity index (χ1v) is 12.9. The summed E-state index contributed by atoms with van der Waals surface area (Å²) in [6.45, 7) is -0.332. The fourth-order valence-corrected chi connectivity index (χ4v) is 4.08. The SMILES string of the molecule is CCCCCCCCCCCC(=O)O[C@@H]([C@H](O[C@H]1O[C@H](CO)[C@@H](O)[C@H](O)[C@H]1O)[C@H](O)CO)[C@@H](O)CO. The van der Waals surface area contributed by atoms with Crippen molar-refractivity contribution in [3.63, 3.8) is 0 Å². The molecule has 0 radical (unpaired) electrons. The van der Waals surface area contributed by atoms with Crippen molar-refractivity contribution in [3.05, 3.63) is 0 Å². The van der Waals surface area contributed by atoms with E-state index in [9.17, 15) is 45.6 Å². The average Bonchev–Trinajstić information content (AvgIpc) is 2.88. The van der Waals surface area contributed by atoms with Crippen LogP contribution in [0.25, 0.3) is 0 Å². The van der Waals surface area contributed by atoms with Crippen LogP contribution < -0.4 is 0 Å². The number of hydrogen-bond acceptors (Lipinski definition) is 12. The van der Waals surface area contributed by atoms with Gasteiger partial charge in [0.2, 0.25) is 0 Å². The molecule has 9 atom stereocenters. The average molecular weight is 527 g/mol. The first-order valence-electron chi connectivity index (χ1n) is 12.9. The molecule has 214 valence electrons. The Kier molecular flexibility index (Phi) is 16.9. The lowest BCUT2D eigenvalue weighted by Crippen LogP contribution is -2.62. The minimum atomic E-state index is -1.83. The Balaban J connectivity index is 2.73. The van der Waals surface area contributed by atoms with Crippen molar-refractivity contribution in [1.29, 1.82) is 0 Å². The molecule has 0 unspecified atom stereocenters. The van der Waals surface area contributed by atoms with E-state index >= 15 is 0 Å². The largest absolute Gasteiger partial charge is 0.457 e. The summed E-state index contributed by atoms with van der Waals surface area (Å²) >= 11 is 0. The monoisotopic (exact) mass is 526 g/mol. The summed E-state index contributed by atoms with van der Waals surface area (Å²) in [6, 6.07) is 0. The maximum Gasteiger partial charge on any atom is 0.306 e. The molecule has 1 heterocycles. The normalized spacial score (nSPS) is 27.9. The maximum absolute atomic E-state index is 12.4. The summed E-state index contributed by atoms with van der Waals surface area (Å²) in [4.78, 5) is 12.4. The van der Waals surface area contributed by atoms with Crippen LogP contribution in [0.1, 0.15) is 71.1 Å².